The normalized spacial score (nSPS) is 22.7. The minimum atomic E-state index is -2.68. The summed E-state index contributed by atoms with van der Waals surface area (Å²) < 4.78 is 26.3. The standard InChI is InChI=1S/C14H14Cl2F2O2/c15-11-2-1-9(6-12(11)16)10(13(19)20)5-8-3-4-14(17,18)7-8/h1-2,6,8,10H,3-5,7H2,(H,19,20)/p-1. The number of carboxylic acid groups (broad SMARTS) is 1. The van der Waals surface area contributed by atoms with Gasteiger partial charge in [-0.05, 0) is 36.5 Å². The fourth-order valence-electron chi connectivity index (χ4n) is 2.67. The summed E-state index contributed by atoms with van der Waals surface area (Å²) in [6.07, 6.45) is 0.0187. The van der Waals surface area contributed by atoms with Crippen molar-refractivity contribution in [2.75, 3.05) is 0 Å². The summed E-state index contributed by atoms with van der Waals surface area (Å²) in [4.78, 5) is 11.3. The number of carbonyl (C=O) groups is 1. The van der Waals surface area contributed by atoms with Crippen LogP contribution in [0.5, 0.6) is 0 Å². The average Bonchev–Trinajstić information content (AvgIpc) is 2.69. The van der Waals surface area contributed by atoms with E-state index in [4.69, 9.17) is 23.2 Å². The molecule has 0 saturated heterocycles. The highest BCUT2D eigenvalue weighted by molar-refractivity contribution is 6.42. The van der Waals surface area contributed by atoms with E-state index in [1.165, 1.54) is 12.1 Å². The Balaban J connectivity index is 2.15. The molecule has 0 amide bonds. The number of benzene rings is 1. The van der Waals surface area contributed by atoms with Crippen LogP contribution in [-0.4, -0.2) is 11.9 Å². The maximum atomic E-state index is 13.2. The molecule has 0 bridgehead atoms. The highest BCUT2D eigenvalue weighted by atomic mass is 35.5. The van der Waals surface area contributed by atoms with Gasteiger partial charge < -0.3 is 9.90 Å². The second-order valence-electron chi connectivity index (χ2n) is 5.25. The largest absolute Gasteiger partial charge is 0.549 e. The highest BCUT2D eigenvalue weighted by Crippen LogP contribution is 2.43. The Bertz CT molecular complexity index is 520. The maximum Gasteiger partial charge on any atom is 0.248 e. The molecule has 6 heteroatoms. The molecule has 0 N–H and O–H groups in total. The average molecular weight is 322 g/mol. The lowest BCUT2D eigenvalue weighted by atomic mass is 9.88. The first-order valence-corrected chi connectivity index (χ1v) is 7.08. The van der Waals surface area contributed by atoms with Crippen molar-refractivity contribution >= 4 is 29.2 Å². The Hall–Kier alpha value is -0.870. The molecule has 2 nitrogen and oxygen atoms in total. The Labute approximate surface area is 125 Å². The molecule has 2 atom stereocenters. The number of hydrogen-bond acceptors (Lipinski definition) is 2. The molecule has 0 radical (unpaired) electrons. The van der Waals surface area contributed by atoms with Crippen molar-refractivity contribution in [2.24, 2.45) is 5.92 Å². The van der Waals surface area contributed by atoms with Gasteiger partial charge in [0.1, 0.15) is 0 Å². The van der Waals surface area contributed by atoms with Crippen LogP contribution < -0.4 is 5.11 Å². The smallest absolute Gasteiger partial charge is 0.248 e. The van der Waals surface area contributed by atoms with Crippen molar-refractivity contribution < 1.29 is 18.7 Å². The summed E-state index contributed by atoms with van der Waals surface area (Å²) in [5.74, 6) is -5.22. The maximum absolute atomic E-state index is 13.2. The summed E-state index contributed by atoms with van der Waals surface area (Å²) in [5, 5.41) is 11.8. The van der Waals surface area contributed by atoms with Crippen LogP contribution in [0.15, 0.2) is 18.2 Å². The Morgan fingerprint density at radius 1 is 1.40 bits per heavy atom. The molecule has 2 rings (SSSR count). The van der Waals surface area contributed by atoms with Crippen molar-refractivity contribution in [3.8, 4) is 0 Å². The van der Waals surface area contributed by atoms with Crippen LogP contribution in [0, 0.1) is 5.92 Å². The molecule has 0 spiro atoms. The fourth-order valence-corrected chi connectivity index (χ4v) is 2.98. The van der Waals surface area contributed by atoms with Gasteiger partial charge >= 0.3 is 0 Å². The number of carbonyl (C=O) groups excluding carboxylic acids is 1. The van der Waals surface area contributed by atoms with E-state index in [1.807, 2.05) is 0 Å². The van der Waals surface area contributed by atoms with Crippen LogP contribution in [0.2, 0.25) is 10.0 Å². The molecule has 110 valence electrons. The first kappa shape index (κ1) is 15.5. The van der Waals surface area contributed by atoms with E-state index in [9.17, 15) is 18.7 Å². The number of aliphatic carboxylic acids is 1. The van der Waals surface area contributed by atoms with E-state index in [2.05, 4.69) is 0 Å². The van der Waals surface area contributed by atoms with E-state index in [0.717, 1.165) is 0 Å². The molecule has 0 aromatic heterocycles. The molecule has 2 unspecified atom stereocenters. The van der Waals surface area contributed by atoms with Crippen molar-refractivity contribution in [1.82, 2.24) is 0 Å². The Morgan fingerprint density at radius 2 is 2.10 bits per heavy atom. The fraction of sp³-hybridized carbons (Fsp3) is 0.500. The van der Waals surface area contributed by atoms with Crippen LogP contribution in [0.25, 0.3) is 0 Å². The van der Waals surface area contributed by atoms with E-state index >= 15 is 0 Å². The summed E-state index contributed by atoms with van der Waals surface area (Å²) in [6, 6.07) is 4.50. The van der Waals surface area contributed by atoms with Gasteiger partial charge in [0, 0.05) is 24.7 Å². The minimum Gasteiger partial charge on any atom is -0.549 e. The number of alkyl halides is 2. The lowest BCUT2D eigenvalue weighted by Crippen LogP contribution is -2.31. The predicted molar refractivity (Wildman–Crippen MR) is 71.1 cm³/mol. The summed E-state index contributed by atoms with van der Waals surface area (Å²) in [7, 11) is 0. The third-order valence-corrected chi connectivity index (χ3v) is 4.44. The van der Waals surface area contributed by atoms with Crippen LogP contribution >= 0.6 is 23.2 Å². The first-order valence-electron chi connectivity index (χ1n) is 6.32. The van der Waals surface area contributed by atoms with Crippen molar-refractivity contribution in [2.45, 2.75) is 37.5 Å². The summed E-state index contributed by atoms with van der Waals surface area (Å²) in [5.41, 5.74) is 0.439. The zero-order valence-corrected chi connectivity index (χ0v) is 12.1. The lowest BCUT2D eigenvalue weighted by molar-refractivity contribution is -0.308. The van der Waals surface area contributed by atoms with Crippen molar-refractivity contribution in [3.63, 3.8) is 0 Å². The van der Waals surface area contributed by atoms with Gasteiger partial charge in [-0.2, -0.15) is 0 Å². The van der Waals surface area contributed by atoms with Crippen LogP contribution in [-0.2, 0) is 4.79 Å². The van der Waals surface area contributed by atoms with Crippen molar-refractivity contribution in [1.29, 1.82) is 0 Å². The molecule has 1 saturated carbocycles. The van der Waals surface area contributed by atoms with Crippen LogP contribution in [0.4, 0.5) is 8.78 Å². The summed E-state index contributed by atoms with van der Waals surface area (Å²) >= 11 is 11.6. The number of rotatable bonds is 4. The van der Waals surface area contributed by atoms with E-state index in [-0.39, 0.29) is 30.2 Å². The second kappa shape index (κ2) is 5.86. The van der Waals surface area contributed by atoms with Gasteiger partial charge in [0.05, 0.1) is 10.0 Å². The van der Waals surface area contributed by atoms with Crippen molar-refractivity contribution in [3.05, 3.63) is 33.8 Å². The number of carboxylic acids is 1. The first-order chi connectivity index (χ1) is 9.28. The third kappa shape index (κ3) is 3.61. The third-order valence-electron chi connectivity index (χ3n) is 3.71. The molecular formula is C14H13Cl2F2O2-. The molecular weight excluding hydrogens is 309 g/mol. The molecule has 1 aliphatic rings. The molecule has 1 aromatic rings. The monoisotopic (exact) mass is 321 g/mol. The number of halogens is 4. The van der Waals surface area contributed by atoms with Crippen LogP contribution in [0.3, 0.4) is 0 Å². The van der Waals surface area contributed by atoms with Gasteiger partial charge in [-0.1, -0.05) is 29.3 Å². The van der Waals surface area contributed by atoms with E-state index in [0.29, 0.717) is 17.0 Å². The van der Waals surface area contributed by atoms with Gasteiger partial charge in [0.2, 0.25) is 5.92 Å². The quantitative estimate of drug-likeness (QED) is 0.849. The van der Waals surface area contributed by atoms with Crippen LogP contribution in [0.1, 0.15) is 37.2 Å². The topological polar surface area (TPSA) is 40.1 Å². The van der Waals surface area contributed by atoms with Gasteiger partial charge in [0.15, 0.2) is 0 Å². The number of hydrogen-bond donors (Lipinski definition) is 0. The molecule has 1 aliphatic carbocycles. The van der Waals surface area contributed by atoms with Gasteiger partial charge in [-0.15, -0.1) is 0 Å². The Morgan fingerprint density at radius 3 is 2.60 bits per heavy atom. The minimum absolute atomic E-state index is 0.135. The zero-order chi connectivity index (χ0) is 14.9. The Kier molecular flexibility index (Phi) is 4.55. The molecule has 0 heterocycles. The highest BCUT2D eigenvalue weighted by Gasteiger charge is 2.40. The van der Waals surface area contributed by atoms with Gasteiger partial charge in [0.25, 0.3) is 0 Å². The second-order valence-corrected chi connectivity index (χ2v) is 6.06. The summed E-state index contributed by atoms with van der Waals surface area (Å²) in [6.45, 7) is 0. The van der Waals surface area contributed by atoms with E-state index in [1.54, 1.807) is 6.07 Å². The van der Waals surface area contributed by atoms with E-state index < -0.39 is 17.8 Å². The molecule has 1 fully saturated rings. The molecule has 0 aliphatic heterocycles. The lowest BCUT2D eigenvalue weighted by Gasteiger charge is -2.22. The predicted octanol–water partition coefficient (Wildman–Crippen LogP) is 3.65. The van der Waals surface area contributed by atoms with Gasteiger partial charge in [-0.25, -0.2) is 8.78 Å². The van der Waals surface area contributed by atoms with Gasteiger partial charge in [-0.3, -0.25) is 0 Å². The SMILES string of the molecule is O=C([O-])C(CC1CCC(F)(F)C1)c1ccc(Cl)c(Cl)c1. The molecule has 20 heavy (non-hydrogen) atoms. The zero-order valence-electron chi connectivity index (χ0n) is 10.5. The molecule has 1 aromatic carbocycles.